The van der Waals surface area contributed by atoms with Crippen molar-refractivity contribution < 1.29 is 14.6 Å². The SMILES string of the molecule is CCC(O)C(=O)c1cccc2c1OCC2. The number of fused-ring (bicyclic) bond motifs is 1. The summed E-state index contributed by atoms with van der Waals surface area (Å²) in [6.07, 6.45) is 0.363. The number of rotatable bonds is 3. The van der Waals surface area contributed by atoms with Crippen LogP contribution >= 0.6 is 0 Å². The van der Waals surface area contributed by atoms with Gasteiger partial charge >= 0.3 is 0 Å². The maximum absolute atomic E-state index is 11.8. The molecule has 0 bridgehead atoms. The van der Waals surface area contributed by atoms with E-state index in [1.54, 1.807) is 13.0 Å². The molecule has 0 fully saturated rings. The molecule has 1 unspecified atom stereocenters. The predicted molar refractivity (Wildman–Crippen MR) is 56.3 cm³/mol. The van der Waals surface area contributed by atoms with Gasteiger partial charge in [0.15, 0.2) is 5.78 Å². The van der Waals surface area contributed by atoms with Gasteiger partial charge in [0, 0.05) is 6.42 Å². The maximum Gasteiger partial charge on any atom is 0.194 e. The Morgan fingerprint density at radius 1 is 1.60 bits per heavy atom. The fourth-order valence-corrected chi connectivity index (χ4v) is 1.77. The van der Waals surface area contributed by atoms with E-state index in [2.05, 4.69) is 0 Å². The maximum atomic E-state index is 11.8. The van der Waals surface area contributed by atoms with Crippen LogP contribution in [0.15, 0.2) is 18.2 Å². The van der Waals surface area contributed by atoms with Crippen molar-refractivity contribution in [2.24, 2.45) is 0 Å². The van der Waals surface area contributed by atoms with E-state index in [9.17, 15) is 9.90 Å². The lowest BCUT2D eigenvalue weighted by atomic mass is 10.0. The third-order valence-electron chi connectivity index (χ3n) is 2.67. The highest BCUT2D eigenvalue weighted by Crippen LogP contribution is 2.30. The Hall–Kier alpha value is -1.35. The van der Waals surface area contributed by atoms with Gasteiger partial charge in [0.2, 0.25) is 0 Å². The third kappa shape index (κ3) is 1.75. The number of aliphatic hydroxyl groups excluding tert-OH is 1. The summed E-state index contributed by atoms with van der Waals surface area (Å²) in [6.45, 7) is 2.41. The van der Waals surface area contributed by atoms with Crippen LogP contribution in [-0.2, 0) is 6.42 Å². The molecule has 1 aromatic carbocycles. The Labute approximate surface area is 88.7 Å². The quantitative estimate of drug-likeness (QED) is 0.764. The van der Waals surface area contributed by atoms with Gasteiger partial charge in [0.25, 0.3) is 0 Å². The summed E-state index contributed by atoms with van der Waals surface area (Å²) < 4.78 is 5.41. The van der Waals surface area contributed by atoms with Gasteiger partial charge in [-0.1, -0.05) is 19.1 Å². The summed E-state index contributed by atoms with van der Waals surface area (Å²) in [5.41, 5.74) is 1.57. The molecule has 1 aromatic rings. The largest absolute Gasteiger partial charge is 0.492 e. The number of Topliss-reactive ketones (excluding diaryl/α,β-unsaturated/α-hetero) is 1. The second-order valence-corrected chi connectivity index (χ2v) is 3.68. The first-order valence-corrected chi connectivity index (χ1v) is 5.21. The summed E-state index contributed by atoms with van der Waals surface area (Å²) in [7, 11) is 0. The first-order valence-electron chi connectivity index (χ1n) is 5.21. The number of ether oxygens (including phenoxy) is 1. The van der Waals surface area contributed by atoms with Crippen molar-refractivity contribution in [3.63, 3.8) is 0 Å². The molecule has 1 aliphatic rings. The molecule has 1 N–H and O–H groups in total. The Morgan fingerprint density at radius 3 is 3.13 bits per heavy atom. The van der Waals surface area contributed by atoms with E-state index in [-0.39, 0.29) is 5.78 Å². The van der Waals surface area contributed by atoms with E-state index in [1.165, 1.54) is 0 Å². The topological polar surface area (TPSA) is 46.5 Å². The molecule has 2 rings (SSSR count). The zero-order valence-electron chi connectivity index (χ0n) is 8.69. The minimum Gasteiger partial charge on any atom is -0.492 e. The van der Waals surface area contributed by atoms with Crippen LogP contribution in [0.3, 0.4) is 0 Å². The number of carbonyl (C=O) groups is 1. The molecule has 3 nitrogen and oxygen atoms in total. The molecule has 1 heterocycles. The number of para-hydroxylation sites is 1. The van der Waals surface area contributed by atoms with Crippen molar-refractivity contribution in [3.05, 3.63) is 29.3 Å². The normalized spacial score (nSPS) is 15.6. The molecule has 15 heavy (non-hydrogen) atoms. The molecule has 0 saturated carbocycles. The Kier molecular flexibility index (Phi) is 2.73. The van der Waals surface area contributed by atoms with Gasteiger partial charge in [-0.2, -0.15) is 0 Å². The van der Waals surface area contributed by atoms with Crippen molar-refractivity contribution in [1.29, 1.82) is 0 Å². The fraction of sp³-hybridized carbons (Fsp3) is 0.417. The van der Waals surface area contributed by atoms with Crippen LogP contribution in [-0.4, -0.2) is 23.6 Å². The van der Waals surface area contributed by atoms with Gasteiger partial charge in [-0.05, 0) is 18.1 Å². The molecule has 0 aliphatic carbocycles. The first kappa shape index (κ1) is 10.2. The molecule has 0 saturated heterocycles. The highest BCUT2D eigenvalue weighted by molar-refractivity contribution is 6.02. The van der Waals surface area contributed by atoms with Crippen LogP contribution in [0.5, 0.6) is 5.75 Å². The van der Waals surface area contributed by atoms with Crippen molar-refractivity contribution >= 4 is 5.78 Å². The van der Waals surface area contributed by atoms with Crippen LogP contribution in [0.1, 0.15) is 29.3 Å². The summed E-state index contributed by atoms with van der Waals surface area (Å²) in [5, 5.41) is 9.51. The fourth-order valence-electron chi connectivity index (χ4n) is 1.77. The van der Waals surface area contributed by atoms with Gasteiger partial charge in [0.05, 0.1) is 12.2 Å². The van der Waals surface area contributed by atoms with E-state index in [0.29, 0.717) is 24.3 Å². The molecule has 80 valence electrons. The van der Waals surface area contributed by atoms with Gasteiger partial charge in [-0.15, -0.1) is 0 Å². The molecule has 0 radical (unpaired) electrons. The highest BCUT2D eigenvalue weighted by atomic mass is 16.5. The highest BCUT2D eigenvalue weighted by Gasteiger charge is 2.23. The number of hydrogen-bond donors (Lipinski definition) is 1. The number of ketones is 1. The smallest absolute Gasteiger partial charge is 0.194 e. The summed E-state index contributed by atoms with van der Waals surface area (Å²) in [5.74, 6) is 0.422. The second kappa shape index (κ2) is 4.03. The Balaban J connectivity index is 2.37. The molecule has 1 aliphatic heterocycles. The standard InChI is InChI=1S/C12H14O3/c1-2-10(13)11(14)9-5-3-4-8-6-7-15-12(8)9/h3-5,10,13H,2,6-7H2,1H3. The Morgan fingerprint density at radius 2 is 2.40 bits per heavy atom. The Bertz CT molecular complexity index is 384. The molecule has 0 aromatic heterocycles. The molecular weight excluding hydrogens is 192 g/mol. The van der Waals surface area contributed by atoms with Crippen molar-refractivity contribution in [1.82, 2.24) is 0 Å². The minimum absolute atomic E-state index is 0.240. The van der Waals surface area contributed by atoms with E-state index in [1.807, 2.05) is 12.1 Å². The van der Waals surface area contributed by atoms with Crippen LogP contribution in [0.4, 0.5) is 0 Å². The minimum atomic E-state index is -0.916. The third-order valence-corrected chi connectivity index (χ3v) is 2.67. The number of hydrogen-bond acceptors (Lipinski definition) is 3. The first-order chi connectivity index (χ1) is 7.24. The lowest BCUT2D eigenvalue weighted by molar-refractivity contribution is 0.0737. The zero-order valence-corrected chi connectivity index (χ0v) is 8.69. The molecular formula is C12H14O3. The second-order valence-electron chi connectivity index (χ2n) is 3.68. The van der Waals surface area contributed by atoms with Crippen LogP contribution in [0.25, 0.3) is 0 Å². The van der Waals surface area contributed by atoms with E-state index >= 15 is 0 Å². The number of benzene rings is 1. The predicted octanol–water partition coefficient (Wildman–Crippen LogP) is 1.58. The van der Waals surface area contributed by atoms with Gasteiger partial charge < -0.3 is 9.84 Å². The van der Waals surface area contributed by atoms with Crippen molar-refractivity contribution in [2.45, 2.75) is 25.9 Å². The summed E-state index contributed by atoms with van der Waals surface area (Å²) in [4.78, 5) is 11.8. The van der Waals surface area contributed by atoms with Crippen LogP contribution in [0, 0.1) is 0 Å². The van der Waals surface area contributed by atoms with Crippen molar-refractivity contribution in [2.75, 3.05) is 6.61 Å². The van der Waals surface area contributed by atoms with Gasteiger partial charge in [0.1, 0.15) is 11.9 Å². The molecule has 3 heteroatoms. The number of aliphatic hydroxyl groups is 1. The molecule has 0 spiro atoms. The monoisotopic (exact) mass is 206 g/mol. The summed E-state index contributed by atoms with van der Waals surface area (Å²) in [6, 6.07) is 5.51. The average molecular weight is 206 g/mol. The van der Waals surface area contributed by atoms with Crippen LogP contribution < -0.4 is 4.74 Å². The van der Waals surface area contributed by atoms with Crippen molar-refractivity contribution in [3.8, 4) is 5.75 Å². The van der Waals surface area contributed by atoms with E-state index < -0.39 is 6.10 Å². The number of carbonyl (C=O) groups excluding carboxylic acids is 1. The lowest BCUT2D eigenvalue weighted by Gasteiger charge is -2.10. The van der Waals surface area contributed by atoms with E-state index in [4.69, 9.17) is 4.74 Å². The average Bonchev–Trinajstić information content (AvgIpc) is 2.74. The van der Waals surface area contributed by atoms with Gasteiger partial charge in [-0.3, -0.25) is 4.79 Å². The lowest BCUT2D eigenvalue weighted by Crippen LogP contribution is -2.19. The zero-order chi connectivity index (χ0) is 10.8. The molecule has 0 amide bonds. The van der Waals surface area contributed by atoms with Gasteiger partial charge in [-0.25, -0.2) is 0 Å². The molecule has 1 atom stereocenters. The summed E-state index contributed by atoms with van der Waals surface area (Å²) >= 11 is 0. The van der Waals surface area contributed by atoms with Crippen LogP contribution in [0.2, 0.25) is 0 Å². The van der Waals surface area contributed by atoms with E-state index in [0.717, 1.165) is 12.0 Å².